The highest BCUT2D eigenvalue weighted by atomic mass is 16.5. The quantitative estimate of drug-likeness (QED) is 0.895. The summed E-state index contributed by atoms with van der Waals surface area (Å²) in [5.74, 6) is 1.05. The van der Waals surface area contributed by atoms with Crippen LogP contribution in [0.1, 0.15) is 44.6 Å². The number of carbonyl (C=O) groups excluding carboxylic acids is 1. The van der Waals surface area contributed by atoms with Gasteiger partial charge in [0, 0.05) is 18.2 Å². The number of amides is 1. The first-order valence-electron chi connectivity index (χ1n) is 8.07. The minimum atomic E-state index is 0.108. The summed E-state index contributed by atoms with van der Waals surface area (Å²) in [7, 11) is 0. The Balaban J connectivity index is 1.64. The van der Waals surface area contributed by atoms with Crippen LogP contribution in [0.2, 0.25) is 0 Å². The summed E-state index contributed by atoms with van der Waals surface area (Å²) in [5.41, 5.74) is 2.12. The van der Waals surface area contributed by atoms with Crippen molar-refractivity contribution >= 4 is 11.6 Å². The molecule has 4 heteroatoms. The van der Waals surface area contributed by atoms with Crippen molar-refractivity contribution in [3.8, 4) is 5.75 Å². The average Bonchev–Trinajstić information content (AvgIpc) is 2.48. The van der Waals surface area contributed by atoms with Crippen LogP contribution >= 0.6 is 0 Å². The van der Waals surface area contributed by atoms with Crippen molar-refractivity contribution in [1.82, 2.24) is 5.32 Å². The summed E-state index contributed by atoms with van der Waals surface area (Å²) < 4.78 is 6.17. The number of ether oxygens (including phenoxy) is 1. The highest BCUT2D eigenvalue weighted by molar-refractivity contribution is 5.93. The van der Waals surface area contributed by atoms with Crippen molar-refractivity contribution in [3.05, 3.63) is 23.8 Å². The molecule has 2 N–H and O–H groups in total. The zero-order valence-electron chi connectivity index (χ0n) is 12.7. The Bertz CT molecular complexity index is 514. The Hall–Kier alpha value is -1.55. The number of hydrogen-bond acceptors (Lipinski definition) is 3. The van der Waals surface area contributed by atoms with Gasteiger partial charge in [-0.2, -0.15) is 0 Å². The topological polar surface area (TPSA) is 50.4 Å². The zero-order valence-corrected chi connectivity index (χ0v) is 12.7. The SMILES string of the molecule is CCNC1CCCC(Oc2ccc3c(c2)CCC(=O)N3)C1. The molecular weight excluding hydrogens is 264 g/mol. The number of benzene rings is 1. The van der Waals surface area contributed by atoms with Crippen LogP contribution in [-0.2, 0) is 11.2 Å². The van der Waals surface area contributed by atoms with Crippen LogP contribution in [0.4, 0.5) is 5.69 Å². The Morgan fingerprint density at radius 2 is 2.24 bits per heavy atom. The molecule has 1 aromatic rings. The van der Waals surface area contributed by atoms with Gasteiger partial charge in [-0.3, -0.25) is 4.79 Å². The fourth-order valence-electron chi connectivity index (χ4n) is 3.35. The second-order valence-electron chi connectivity index (χ2n) is 6.03. The molecule has 0 saturated heterocycles. The fraction of sp³-hybridized carbons (Fsp3) is 0.588. The summed E-state index contributed by atoms with van der Waals surface area (Å²) >= 11 is 0. The minimum absolute atomic E-state index is 0.108. The van der Waals surface area contributed by atoms with Gasteiger partial charge in [-0.05, 0) is 62.4 Å². The van der Waals surface area contributed by atoms with Crippen molar-refractivity contribution in [2.45, 2.75) is 57.6 Å². The van der Waals surface area contributed by atoms with Crippen LogP contribution < -0.4 is 15.4 Å². The second kappa shape index (κ2) is 6.48. The first-order chi connectivity index (χ1) is 10.2. The van der Waals surface area contributed by atoms with Gasteiger partial charge in [0.25, 0.3) is 0 Å². The molecule has 0 spiro atoms. The third kappa shape index (κ3) is 3.56. The first kappa shape index (κ1) is 14.4. The van der Waals surface area contributed by atoms with E-state index in [2.05, 4.69) is 23.6 Å². The molecule has 0 bridgehead atoms. The molecule has 4 nitrogen and oxygen atoms in total. The number of rotatable bonds is 4. The van der Waals surface area contributed by atoms with Gasteiger partial charge in [0.1, 0.15) is 11.9 Å². The number of nitrogens with one attached hydrogen (secondary N) is 2. The van der Waals surface area contributed by atoms with Crippen LogP contribution in [0.25, 0.3) is 0 Å². The predicted octanol–water partition coefficient (Wildman–Crippen LogP) is 2.87. The molecule has 1 amide bonds. The number of aryl methyl sites for hydroxylation is 1. The summed E-state index contributed by atoms with van der Waals surface area (Å²) in [4.78, 5) is 11.4. The standard InChI is InChI=1S/C17H24N2O2/c1-2-18-13-4-3-5-14(11-13)21-15-7-8-16-12(10-15)6-9-17(20)19-16/h7-8,10,13-14,18H,2-6,9,11H2,1H3,(H,19,20). The van der Waals surface area contributed by atoms with E-state index >= 15 is 0 Å². The van der Waals surface area contributed by atoms with Crippen LogP contribution in [0.5, 0.6) is 5.75 Å². The molecule has 2 unspecified atom stereocenters. The maximum absolute atomic E-state index is 11.4. The number of fused-ring (bicyclic) bond motifs is 1. The normalized spacial score (nSPS) is 25.1. The van der Waals surface area contributed by atoms with Gasteiger partial charge >= 0.3 is 0 Å². The maximum Gasteiger partial charge on any atom is 0.224 e. The van der Waals surface area contributed by atoms with Crippen molar-refractivity contribution in [3.63, 3.8) is 0 Å². The van der Waals surface area contributed by atoms with Crippen LogP contribution in [0.15, 0.2) is 18.2 Å². The first-order valence-corrected chi connectivity index (χ1v) is 8.07. The van der Waals surface area contributed by atoms with Gasteiger partial charge in [0.15, 0.2) is 0 Å². The monoisotopic (exact) mass is 288 g/mol. The lowest BCUT2D eigenvalue weighted by molar-refractivity contribution is -0.116. The molecular formula is C17H24N2O2. The molecule has 3 rings (SSSR count). The van der Waals surface area contributed by atoms with E-state index in [1.165, 1.54) is 18.4 Å². The minimum Gasteiger partial charge on any atom is -0.490 e. The molecule has 1 heterocycles. The van der Waals surface area contributed by atoms with Crippen LogP contribution in [-0.4, -0.2) is 24.6 Å². The fourth-order valence-corrected chi connectivity index (χ4v) is 3.35. The van der Waals surface area contributed by atoms with E-state index in [-0.39, 0.29) is 5.91 Å². The van der Waals surface area contributed by atoms with E-state index < -0.39 is 0 Å². The van der Waals surface area contributed by atoms with E-state index in [0.717, 1.165) is 37.2 Å². The molecule has 1 saturated carbocycles. The summed E-state index contributed by atoms with van der Waals surface area (Å²) in [6.45, 7) is 3.18. The summed E-state index contributed by atoms with van der Waals surface area (Å²) in [6.07, 6.45) is 6.38. The van der Waals surface area contributed by atoms with Gasteiger partial charge in [0.05, 0.1) is 0 Å². The lowest BCUT2D eigenvalue weighted by Gasteiger charge is -2.30. The number of carbonyl (C=O) groups is 1. The van der Waals surface area contributed by atoms with E-state index in [1.54, 1.807) is 0 Å². The Morgan fingerprint density at radius 3 is 3.10 bits per heavy atom. The van der Waals surface area contributed by atoms with E-state index in [4.69, 9.17) is 4.74 Å². The highest BCUT2D eigenvalue weighted by Crippen LogP contribution is 2.29. The third-order valence-electron chi connectivity index (χ3n) is 4.39. The molecule has 0 aromatic heterocycles. The lowest BCUT2D eigenvalue weighted by atomic mass is 9.92. The molecule has 1 aromatic carbocycles. The van der Waals surface area contributed by atoms with Gasteiger partial charge in [-0.15, -0.1) is 0 Å². The summed E-state index contributed by atoms with van der Waals surface area (Å²) in [5, 5.41) is 6.44. The lowest BCUT2D eigenvalue weighted by Crippen LogP contribution is -2.37. The molecule has 2 atom stereocenters. The van der Waals surface area contributed by atoms with E-state index in [9.17, 15) is 4.79 Å². The van der Waals surface area contributed by atoms with E-state index in [1.807, 2.05) is 12.1 Å². The van der Waals surface area contributed by atoms with Gasteiger partial charge in [0.2, 0.25) is 5.91 Å². The zero-order chi connectivity index (χ0) is 14.7. The molecule has 0 radical (unpaired) electrons. The summed E-state index contributed by atoms with van der Waals surface area (Å²) in [6, 6.07) is 6.62. The van der Waals surface area contributed by atoms with Crippen molar-refractivity contribution < 1.29 is 9.53 Å². The second-order valence-corrected chi connectivity index (χ2v) is 6.03. The molecule has 21 heavy (non-hydrogen) atoms. The molecule has 1 fully saturated rings. The molecule has 1 aliphatic heterocycles. The molecule has 2 aliphatic rings. The third-order valence-corrected chi connectivity index (χ3v) is 4.39. The van der Waals surface area contributed by atoms with Gasteiger partial charge < -0.3 is 15.4 Å². The van der Waals surface area contributed by atoms with Gasteiger partial charge in [-0.1, -0.05) is 6.92 Å². The molecule has 1 aliphatic carbocycles. The van der Waals surface area contributed by atoms with Crippen molar-refractivity contribution in [1.29, 1.82) is 0 Å². The predicted molar refractivity (Wildman–Crippen MR) is 83.7 cm³/mol. The highest BCUT2D eigenvalue weighted by Gasteiger charge is 2.23. The van der Waals surface area contributed by atoms with Gasteiger partial charge in [-0.25, -0.2) is 0 Å². The maximum atomic E-state index is 11.4. The Labute approximate surface area is 126 Å². The average molecular weight is 288 g/mol. The smallest absolute Gasteiger partial charge is 0.224 e. The number of anilines is 1. The van der Waals surface area contributed by atoms with Crippen molar-refractivity contribution in [2.24, 2.45) is 0 Å². The van der Waals surface area contributed by atoms with E-state index in [0.29, 0.717) is 18.6 Å². The Morgan fingerprint density at radius 1 is 1.33 bits per heavy atom. The van der Waals surface area contributed by atoms with Crippen LogP contribution in [0.3, 0.4) is 0 Å². The molecule has 114 valence electrons. The number of hydrogen-bond donors (Lipinski definition) is 2. The van der Waals surface area contributed by atoms with Crippen molar-refractivity contribution in [2.75, 3.05) is 11.9 Å². The largest absolute Gasteiger partial charge is 0.490 e. The Kier molecular flexibility index (Phi) is 4.44. The van der Waals surface area contributed by atoms with Crippen LogP contribution in [0, 0.1) is 0 Å².